The molecule has 1 atom stereocenters. The van der Waals surface area contributed by atoms with E-state index in [9.17, 15) is 14.4 Å². The molecule has 4 saturated heterocycles. The van der Waals surface area contributed by atoms with E-state index in [1.807, 2.05) is 37.8 Å². The average Bonchev–Trinajstić information content (AvgIpc) is 3.94. The van der Waals surface area contributed by atoms with Gasteiger partial charge in [0.05, 0.1) is 16.5 Å². The molecule has 19 nitrogen and oxygen atoms in total. The molecule has 3 amide bonds. The van der Waals surface area contributed by atoms with Crippen LogP contribution in [0.25, 0.3) is 33.8 Å². The number of benzene rings is 1. The number of anilines is 3. The first kappa shape index (κ1) is 45.4. The van der Waals surface area contributed by atoms with Crippen molar-refractivity contribution >= 4 is 46.1 Å². The highest BCUT2D eigenvalue weighted by Gasteiger charge is 2.37. The molecule has 68 heavy (non-hydrogen) atoms. The van der Waals surface area contributed by atoms with E-state index < -0.39 is 23.6 Å². The maximum Gasteiger partial charge on any atom is 0.409 e. The lowest BCUT2D eigenvalue weighted by atomic mass is 9.91. The molecule has 21 heteroatoms. The minimum Gasteiger partial charge on any atom is -0.448 e. The van der Waals surface area contributed by atoms with Crippen molar-refractivity contribution < 1.29 is 32.4 Å². The number of halogens is 2. The van der Waals surface area contributed by atoms with Crippen molar-refractivity contribution in [3.05, 3.63) is 53.8 Å². The number of imide groups is 1. The maximum atomic E-state index is 15.3. The number of aromatic nitrogens is 7. The smallest absolute Gasteiger partial charge is 0.409 e. The number of hydrogen-bond donors (Lipinski definition) is 3. The SMILES string of the molecule is CC(C)(C)n1nc(-c2noc(C3CC3)c2-c2ncc(C3CCN(C(=O)OCCN4CCC(N5CCN(c6c(F)cc(NC7CCC(=O)NC7=O)cc6F)CC5)CC4)CC3)cn2)c2c(N)ncnc21. The average molecular weight is 937 g/mol. The van der Waals surface area contributed by atoms with E-state index in [0.717, 1.165) is 62.9 Å². The lowest BCUT2D eigenvalue weighted by molar-refractivity contribution is -0.133. The Bertz CT molecular complexity index is 2650. The highest BCUT2D eigenvalue weighted by Crippen LogP contribution is 2.48. The summed E-state index contributed by atoms with van der Waals surface area (Å²) in [6.45, 7) is 12.4. The second kappa shape index (κ2) is 18.6. The molecule has 4 aromatic heterocycles. The maximum absolute atomic E-state index is 15.3. The van der Waals surface area contributed by atoms with Crippen molar-refractivity contribution in [3.63, 3.8) is 0 Å². The van der Waals surface area contributed by atoms with Crippen molar-refractivity contribution in [2.45, 2.75) is 102 Å². The minimum absolute atomic E-state index is 0.0624. The van der Waals surface area contributed by atoms with E-state index >= 15 is 8.78 Å². The molecule has 5 fully saturated rings. The van der Waals surface area contributed by atoms with Gasteiger partial charge in [0.25, 0.3) is 0 Å². The molecule has 1 aromatic carbocycles. The number of nitrogens with zero attached hydrogens (tertiary/aromatic N) is 11. The van der Waals surface area contributed by atoms with Crippen molar-refractivity contribution in [3.8, 4) is 22.8 Å². The van der Waals surface area contributed by atoms with Crippen molar-refractivity contribution in [1.29, 1.82) is 0 Å². The fraction of sp³-hybridized carbons (Fsp3) is 0.553. The van der Waals surface area contributed by atoms with E-state index in [0.29, 0.717) is 98.1 Å². The highest BCUT2D eigenvalue weighted by atomic mass is 19.1. The molecule has 4 aliphatic heterocycles. The van der Waals surface area contributed by atoms with Crippen LogP contribution in [-0.2, 0) is 19.9 Å². The molecule has 1 saturated carbocycles. The van der Waals surface area contributed by atoms with Crippen LogP contribution in [0.1, 0.15) is 95.3 Å². The van der Waals surface area contributed by atoms with Crippen LogP contribution in [0.15, 0.2) is 35.4 Å². The zero-order valence-corrected chi connectivity index (χ0v) is 38.7. The number of rotatable bonds is 11. The molecule has 4 N–H and O–H groups in total. The summed E-state index contributed by atoms with van der Waals surface area (Å²) < 4.78 is 44.1. The summed E-state index contributed by atoms with van der Waals surface area (Å²) in [5.74, 6) is -0.258. The predicted octanol–water partition coefficient (Wildman–Crippen LogP) is 5.25. The fourth-order valence-electron chi connectivity index (χ4n) is 10.1. The molecular weight excluding hydrogens is 879 g/mol. The number of hydrogen-bond acceptors (Lipinski definition) is 16. The molecule has 0 radical (unpaired) electrons. The first-order valence-electron chi connectivity index (χ1n) is 23.8. The summed E-state index contributed by atoms with van der Waals surface area (Å²) in [6, 6.07) is 2.06. The third-order valence-corrected chi connectivity index (χ3v) is 14.1. The van der Waals surface area contributed by atoms with E-state index in [-0.39, 0.29) is 53.6 Å². The Kier molecular flexibility index (Phi) is 12.4. The van der Waals surface area contributed by atoms with Crippen LogP contribution in [0.4, 0.5) is 30.8 Å². The quantitative estimate of drug-likeness (QED) is 0.144. The normalized spacial score (nSPS) is 20.6. The molecule has 0 spiro atoms. The van der Waals surface area contributed by atoms with Crippen LogP contribution in [0, 0.1) is 11.6 Å². The van der Waals surface area contributed by atoms with Gasteiger partial charge in [0.2, 0.25) is 11.8 Å². The number of nitrogen functional groups attached to an aromatic ring is 1. The summed E-state index contributed by atoms with van der Waals surface area (Å²) in [7, 11) is 0. The lowest BCUT2D eigenvalue weighted by Gasteiger charge is -2.43. The number of nitrogens with two attached hydrogens (primary N) is 1. The number of piperazine rings is 1. The summed E-state index contributed by atoms with van der Waals surface area (Å²) in [5, 5.41) is 15.2. The second-order valence-corrected chi connectivity index (χ2v) is 19.7. The van der Waals surface area contributed by atoms with Gasteiger partial charge in [-0.05, 0) is 102 Å². The number of likely N-dealkylation sites (tertiary alicyclic amines) is 2. The molecule has 5 aliphatic rings. The topological polar surface area (TPSA) is 219 Å². The number of fused-ring (bicyclic) bond motifs is 1. The summed E-state index contributed by atoms with van der Waals surface area (Å²) >= 11 is 0. The van der Waals surface area contributed by atoms with E-state index in [1.54, 1.807) is 9.80 Å². The van der Waals surface area contributed by atoms with E-state index in [4.69, 9.17) is 30.1 Å². The van der Waals surface area contributed by atoms with Gasteiger partial charge in [-0.1, -0.05) is 5.16 Å². The van der Waals surface area contributed by atoms with Gasteiger partial charge in [0.15, 0.2) is 28.9 Å². The van der Waals surface area contributed by atoms with E-state index in [1.165, 1.54) is 18.5 Å². The first-order valence-corrected chi connectivity index (χ1v) is 23.8. The summed E-state index contributed by atoms with van der Waals surface area (Å²) in [4.78, 5) is 63.5. The van der Waals surface area contributed by atoms with Gasteiger partial charge in [0, 0.05) is 82.3 Å². The number of carbonyl (C=O) groups excluding carboxylic acids is 3. The number of piperidine rings is 3. The predicted molar refractivity (Wildman–Crippen MR) is 248 cm³/mol. The highest BCUT2D eigenvalue weighted by molar-refractivity contribution is 6.02. The van der Waals surface area contributed by atoms with Crippen LogP contribution in [0.2, 0.25) is 0 Å². The summed E-state index contributed by atoms with van der Waals surface area (Å²) in [6.07, 6.45) is 10.8. The first-order chi connectivity index (χ1) is 32.8. The number of nitrogens with one attached hydrogen (secondary N) is 2. The largest absolute Gasteiger partial charge is 0.448 e. The molecule has 1 unspecified atom stereocenters. The Morgan fingerprint density at radius 2 is 1.59 bits per heavy atom. The van der Waals surface area contributed by atoms with Crippen LogP contribution in [0.5, 0.6) is 0 Å². The molecular formula is C47H58F2N14O5. The zero-order chi connectivity index (χ0) is 47.3. The van der Waals surface area contributed by atoms with Crippen molar-refractivity contribution in [2.75, 3.05) is 81.5 Å². The standard InChI is InChI=1S/C47H58F2N14O5/c1-47(2,3)63-44-37(42(50)53-26-54-44)38(57-63)39-36(41(68-58-39)28-4-5-28)43-51-24-29(25-52-43)27-8-14-62(15-9-27)46(66)67-21-20-59-12-10-31(11-13-59)60-16-18-61(19-17-60)40-32(48)22-30(23-33(40)49)55-34-6-7-35(64)56-45(34)65/h22-28,31,34,55H,4-21H2,1-3H3,(H2,50,53,54)(H,56,64,65). The van der Waals surface area contributed by atoms with Crippen LogP contribution < -0.4 is 21.3 Å². The third kappa shape index (κ3) is 9.29. The molecule has 5 aromatic rings. The summed E-state index contributed by atoms with van der Waals surface area (Å²) in [5.41, 5.74) is 9.50. The zero-order valence-electron chi connectivity index (χ0n) is 38.7. The van der Waals surface area contributed by atoms with Crippen molar-refractivity contribution in [2.24, 2.45) is 0 Å². The Balaban J connectivity index is 0.669. The lowest BCUT2D eigenvalue weighted by Crippen LogP contribution is -2.53. The van der Waals surface area contributed by atoms with Gasteiger partial charge in [-0.25, -0.2) is 38.2 Å². The molecule has 360 valence electrons. The van der Waals surface area contributed by atoms with Gasteiger partial charge in [-0.15, -0.1) is 0 Å². The van der Waals surface area contributed by atoms with Gasteiger partial charge in [-0.3, -0.25) is 24.7 Å². The van der Waals surface area contributed by atoms with Crippen molar-refractivity contribution in [1.82, 2.24) is 54.9 Å². The monoisotopic (exact) mass is 936 g/mol. The molecule has 10 rings (SSSR count). The van der Waals surface area contributed by atoms with Gasteiger partial charge < -0.3 is 30.1 Å². The van der Waals surface area contributed by atoms with Crippen LogP contribution in [0.3, 0.4) is 0 Å². The van der Waals surface area contributed by atoms with E-state index in [2.05, 4.69) is 35.6 Å². The Hall–Kier alpha value is -6.35. The molecule has 8 heterocycles. The van der Waals surface area contributed by atoms with Crippen LogP contribution in [-0.4, -0.2) is 145 Å². The van der Waals surface area contributed by atoms with Crippen LogP contribution >= 0.6 is 0 Å². The molecule has 0 bridgehead atoms. The Labute approximate surface area is 392 Å². The number of amides is 3. The fourth-order valence-corrected chi connectivity index (χ4v) is 10.1. The Morgan fingerprint density at radius 1 is 0.882 bits per heavy atom. The van der Waals surface area contributed by atoms with Gasteiger partial charge >= 0.3 is 6.09 Å². The van der Waals surface area contributed by atoms with Gasteiger partial charge in [0.1, 0.15) is 41.9 Å². The third-order valence-electron chi connectivity index (χ3n) is 14.1. The van der Waals surface area contributed by atoms with Gasteiger partial charge in [-0.2, -0.15) is 5.10 Å². The molecule has 1 aliphatic carbocycles. The number of ether oxygens (including phenoxy) is 1. The second-order valence-electron chi connectivity index (χ2n) is 19.7. The minimum atomic E-state index is -0.729. The number of carbonyl (C=O) groups is 3. The Morgan fingerprint density at radius 3 is 2.25 bits per heavy atom.